The lowest BCUT2D eigenvalue weighted by Crippen LogP contribution is -2.47. The Bertz CT molecular complexity index is 1300. The van der Waals surface area contributed by atoms with Crippen LogP contribution in [-0.4, -0.2) is 9.78 Å². The molecule has 0 unspecified atom stereocenters. The molecule has 2 bridgehead atoms. The minimum absolute atomic E-state index is 0.0451. The molecule has 7 heteroatoms. The van der Waals surface area contributed by atoms with Crippen LogP contribution in [0.3, 0.4) is 0 Å². The zero-order chi connectivity index (χ0) is 21.9. The lowest BCUT2D eigenvalue weighted by atomic mass is 9.79. The molecule has 0 N–H and O–H groups in total. The normalized spacial score (nSPS) is 21.2. The van der Waals surface area contributed by atoms with Crippen molar-refractivity contribution in [1.29, 1.82) is 0 Å². The number of alkyl halides is 3. The summed E-state index contributed by atoms with van der Waals surface area (Å²) < 4.78 is 56.5. The maximum absolute atomic E-state index is 14.2. The molecular formula is C25H17F3N2O2. The Kier molecular flexibility index (Phi) is 3.93. The van der Waals surface area contributed by atoms with Gasteiger partial charge in [-0.25, -0.2) is 4.68 Å². The van der Waals surface area contributed by atoms with Gasteiger partial charge in [0.15, 0.2) is 5.69 Å². The second kappa shape index (κ2) is 6.63. The van der Waals surface area contributed by atoms with Gasteiger partial charge in [-0.1, -0.05) is 66.7 Å². The summed E-state index contributed by atoms with van der Waals surface area (Å²) in [5.41, 5.74) is 1.03. The number of aromatic nitrogens is 2. The minimum Gasteiger partial charge on any atom is -0.448 e. The molecule has 2 aliphatic heterocycles. The van der Waals surface area contributed by atoms with Crippen LogP contribution < -0.4 is 9.47 Å². The van der Waals surface area contributed by atoms with Crippen LogP contribution in [0.2, 0.25) is 0 Å². The quantitative estimate of drug-likeness (QED) is 0.385. The van der Waals surface area contributed by atoms with Crippen molar-refractivity contribution in [2.24, 2.45) is 0 Å². The van der Waals surface area contributed by atoms with Crippen molar-refractivity contribution >= 4 is 0 Å². The van der Waals surface area contributed by atoms with Crippen LogP contribution in [0.4, 0.5) is 13.2 Å². The number of hydrogen-bond donors (Lipinski definition) is 0. The zero-order valence-corrected chi connectivity index (χ0v) is 16.7. The molecule has 0 aliphatic carbocycles. The molecule has 3 aromatic carbocycles. The number of rotatable bonds is 2. The van der Waals surface area contributed by atoms with E-state index in [-0.39, 0.29) is 17.9 Å². The molecule has 0 amide bonds. The van der Waals surface area contributed by atoms with Gasteiger partial charge in [-0.15, -0.1) is 0 Å². The molecule has 0 radical (unpaired) electrons. The molecule has 3 heterocycles. The van der Waals surface area contributed by atoms with Crippen LogP contribution in [-0.2, 0) is 12.0 Å². The van der Waals surface area contributed by atoms with Crippen molar-refractivity contribution in [2.75, 3.05) is 0 Å². The summed E-state index contributed by atoms with van der Waals surface area (Å²) in [6.45, 7) is 0. The summed E-state index contributed by atoms with van der Waals surface area (Å²) in [6, 6.07) is 25.2. The van der Waals surface area contributed by atoms with E-state index in [1.54, 1.807) is 42.5 Å². The van der Waals surface area contributed by atoms with Crippen LogP contribution >= 0.6 is 0 Å². The first-order valence-electron chi connectivity index (χ1n) is 10.2. The highest BCUT2D eigenvalue weighted by Crippen LogP contribution is 2.57. The Morgan fingerprint density at radius 1 is 0.844 bits per heavy atom. The fraction of sp³-hybridized carbons (Fsp3) is 0.160. The van der Waals surface area contributed by atoms with E-state index in [1.807, 2.05) is 42.5 Å². The maximum Gasteiger partial charge on any atom is 0.435 e. The average molecular weight is 434 g/mol. The number of ether oxygens (including phenoxy) is 2. The third kappa shape index (κ3) is 2.74. The van der Waals surface area contributed by atoms with E-state index < -0.39 is 23.6 Å². The zero-order valence-electron chi connectivity index (χ0n) is 16.7. The molecule has 6 rings (SSSR count). The first kappa shape index (κ1) is 19.0. The number of fused-ring (bicyclic) bond motifs is 6. The summed E-state index contributed by atoms with van der Waals surface area (Å²) in [5.74, 6) is -1.28. The van der Waals surface area contributed by atoms with Gasteiger partial charge in [0.05, 0.1) is 11.3 Å². The number of para-hydroxylation sites is 2. The Balaban J connectivity index is 1.66. The summed E-state index contributed by atoms with van der Waals surface area (Å²) in [6.07, 6.45) is -4.42. The van der Waals surface area contributed by atoms with E-state index in [9.17, 15) is 13.2 Å². The molecule has 160 valence electrons. The number of nitrogens with zero attached hydrogens (tertiary/aromatic N) is 2. The second-order valence-electron chi connectivity index (χ2n) is 7.93. The van der Waals surface area contributed by atoms with Gasteiger partial charge in [0, 0.05) is 23.5 Å². The van der Waals surface area contributed by atoms with Crippen molar-refractivity contribution in [2.45, 2.75) is 24.3 Å². The SMILES string of the molecule is FC(F)(F)c1nn(-c2ccccc2)c2c1[C@@H]1C[C@@](c3ccccc3)(Oc3ccccc31)O2. The number of benzene rings is 3. The Hall–Kier alpha value is -3.74. The largest absolute Gasteiger partial charge is 0.448 e. The molecule has 0 spiro atoms. The van der Waals surface area contributed by atoms with Gasteiger partial charge in [0.25, 0.3) is 5.79 Å². The molecule has 2 aliphatic rings. The van der Waals surface area contributed by atoms with Crippen LogP contribution in [0.1, 0.15) is 34.7 Å². The van der Waals surface area contributed by atoms with E-state index in [4.69, 9.17) is 9.47 Å². The van der Waals surface area contributed by atoms with Crippen LogP contribution in [0, 0.1) is 0 Å². The Labute approximate surface area is 181 Å². The molecule has 32 heavy (non-hydrogen) atoms. The molecule has 4 aromatic rings. The second-order valence-corrected chi connectivity index (χ2v) is 7.93. The number of halogens is 3. The van der Waals surface area contributed by atoms with E-state index in [0.29, 0.717) is 17.0 Å². The first-order chi connectivity index (χ1) is 15.5. The average Bonchev–Trinajstić information content (AvgIpc) is 3.20. The van der Waals surface area contributed by atoms with Crippen molar-refractivity contribution < 1.29 is 22.6 Å². The van der Waals surface area contributed by atoms with Gasteiger partial charge in [-0.05, 0) is 18.2 Å². The monoisotopic (exact) mass is 434 g/mol. The summed E-state index contributed by atoms with van der Waals surface area (Å²) in [4.78, 5) is 0. The van der Waals surface area contributed by atoms with Gasteiger partial charge in [0.1, 0.15) is 5.75 Å². The van der Waals surface area contributed by atoms with Gasteiger partial charge < -0.3 is 9.47 Å². The van der Waals surface area contributed by atoms with Crippen LogP contribution in [0.15, 0.2) is 84.9 Å². The van der Waals surface area contributed by atoms with Crippen molar-refractivity contribution in [1.82, 2.24) is 9.78 Å². The van der Waals surface area contributed by atoms with Crippen molar-refractivity contribution in [3.63, 3.8) is 0 Å². The molecule has 1 aromatic heterocycles. The predicted octanol–water partition coefficient (Wildman–Crippen LogP) is 6.05. The van der Waals surface area contributed by atoms with Gasteiger partial charge in [-0.2, -0.15) is 18.3 Å². The maximum atomic E-state index is 14.2. The Morgan fingerprint density at radius 3 is 2.22 bits per heavy atom. The summed E-state index contributed by atoms with van der Waals surface area (Å²) >= 11 is 0. The molecule has 0 saturated carbocycles. The topological polar surface area (TPSA) is 36.3 Å². The fourth-order valence-corrected chi connectivity index (χ4v) is 4.64. The highest BCUT2D eigenvalue weighted by atomic mass is 19.4. The molecular weight excluding hydrogens is 417 g/mol. The summed E-state index contributed by atoms with van der Waals surface area (Å²) in [7, 11) is 0. The first-order valence-corrected chi connectivity index (χ1v) is 10.2. The lowest BCUT2D eigenvalue weighted by molar-refractivity contribution is -0.156. The molecule has 2 atom stereocenters. The van der Waals surface area contributed by atoms with Gasteiger partial charge >= 0.3 is 6.18 Å². The number of hydrogen-bond acceptors (Lipinski definition) is 3. The third-order valence-electron chi connectivity index (χ3n) is 6.01. The highest BCUT2D eigenvalue weighted by molar-refractivity contribution is 5.55. The van der Waals surface area contributed by atoms with Crippen LogP contribution in [0.25, 0.3) is 5.69 Å². The highest BCUT2D eigenvalue weighted by Gasteiger charge is 2.55. The van der Waals surface area contributed by atoms with E-state index in [2.05, 4.69) is 5.10 Å². The van der Waals surface area contributed by atoms with E-state index in [0.717, 1.165) is 5.56 Å². The Morgan fingerprint density at radius 2 is 1.50 bits per heavy atom. The molecule has 0 fully saturated rings. The van der Waals surface area contributed by atoms with Crippen LogP contribution in [0.5, 0.6) is 11.6 Å². The van der Waals surface area contributed by atoms with E-state index in [1.165, 1.54) is 4.68 Å². The lowest BCUT2D eigenvalue weighted by Gasteiger charge is -2.45. The standard InChI is InChI=1S/C25H17F3N2O2/c26-25(27,28)22-21-19-15-24(16-9-3-1-4-10-16,31-20-14-8-7-13-18(19)20)32-23(21)30(29-22)17-11-5-2-6-12-17/h1-14,19H,15H2/t19-,24-/m1/s1. The third-order valence-corrected chi connectivity index (χ3v) is 6.01. The molecule has 4 nitrogen and oxygen atoms in total. The molecule has 0 saturated heterocycles. The predicted molar refractivity (Wildman–Crippen MR) is 111 cm³/mol. The van der Waals surface area contributed by atoms with Gasteiger partial charge in [-0.3, -0.25) is 0 Å². The van der Waals surface area contributed by atoms with E-state index >= 15 is 0 Å². The fourth-order valence-electron chi connectivity index (χ4n) is 4.64. The van der Waals surface area contributed by atoms with Crippen molar-refractivity contribution in [3.05, 3.63) is 107 Å². The smallest absolute Gasteiger partial charge is 0.435 e. The summed E-state index contributed by atoms with van der Waals surface area (Å²) in [5, 5.41) is 4.00. The minimum atomic E-state index is -4.63. The van der Waals surface area contributed by atoms with Gasteiger partial charge in [0.2, 0.25) is 5.88 Å². The van der Waals surface area contributed by atoms with Crippen molar-refractivity contribution in [3.8, 4) is 17.3 Å².